The quantitative estimate of drug-likeness (QED) is 0.160. The third-order valence-corrected chi connectivity index (χ3v) is 7.06. The number of halogens is 1. The second-order valence-corrected chi connectivity index (χ2v) is 10.4. The molecule has 0 spiro atoms. The topological polar surface area (TPSA) is 87.3 Å². The zero-order chi connectivity index (χ0) is 28.5. The third-order valence-electron chi connectivity index (χ3n) is 5.94. The van der Waals surface area contributed by atoms with E-state index in [1.807, 2.05) is 37.3 Å². The zero-order valence-electron chi connectivity index (χ0n) is 22.0. The number of para-hydroxylation sites is 1. The summed E-state index contributed by atoms with van der Waals surface area (Å²) >= 11 is 1.30. The second kappa shape index (κ2) is 13.4. The van der Waals surface area contributed by atoms with Gasteiger partial charge in [-0.2, -0.15) is 0 Å². The lowest BCUT2D eigenvalue weighted by Gasteiger charge is -2.14. The first kappa shape index (κ1) is 28.3. The van der Waals surface area contributed by atoms with Crippen molar-refractivity contribution in [2.24, 2.45) is 0 Å². The molecule has 8 heteroatoms. The van der Waals surface area contributed by atoms with Crippen LogP contribution in [-0.2, 0) is 9.59 Å². The normalized spacial score (nSPS) is 11.8. The summed E-state index contributed by atoms with van der Waals surface area (Å²) < 4.78 is 13.9. The van der Waals surface area contributed by atoms with E-state index >= 15 is 0 Å². The highest BCUT2D eigenvalue weighted by Crippen LogP contribution is 2.26. The first-order valence-electron chi connectivity index (χ1n) is 12.6. The summed E-state index contributed by atoms with van der Waals surface area (Å²) in [5, 5.41) is 7.68. The van der Waals surface area contributed by atoms with Crippen LogP contribution < -0.4 is 16.0 Å². The molecule has 3 N–H and O–H groups in total. The lowest BCUT2D eigenvalue weighted by Crippen LogP contribution is -2.30. The molecule has 202 valence electrons. The minimum atomic E-state index is -0.496. The SMILES string of the molecule is Cc1ccccc1/C=C(\NC(=O)c1ccccc1)C(=O)Nc1ccc(SC(C)C(=O)Nc2ccccc2F)cc1. The molecule has 0 bridgehead atoms. The van der Waals surface area contributed by atoms with Gasteiger partial charge in [0.2, 0.25) is 5.91 Å². The summed E-state index contributed by atoms with van der Waals surface area (Å²) in [7, 11) is 0. The monoisotopic (exact) mass is 553 g/mol. The summed E-state index contributed by atoms with van der Waals surface area (Å²) in [6.07, 6.45) is 1.64. The molecule has 0 aliphatic carbocycles. The summed E-state index contributed by atoms with van der Waals surface area (Å²) in [5.41, 5.74) is 2.93. The van der Waals surface area contributed by atoms with Crippen LogP contribution in [0.2, 0.25) is 0 Å². The molecule has 0 aliphatic rings. The molecular weight excluding hydrogens is 525 g/mol. The van der Waals surface area contributed by atoms with Crippen molar-refractivity contribution in [3.63, 3.8) is 0 Å². The van der Waals surface area contributed by atoms with E-state index in [1.54, 1.807) is 73.7 Å². The number of amides is 3. The average molecular weight is 554 g/mol. The first-order valence-corrected chi connectivity index (χ1v) is 13.5. The Morgan fingerprint density at radius 1 is 0.800 bits per heavy atom. The number of hydrogen-bond donors (Lipinski definition) is 3. The number of carbonyl (C=O) groups is 3. The van der Waals surface area contributed by atoms with Crippen molar-refractivity contribution in [2.45, 2.75) is 24.0 Å². The molecule has 1 unspecified atom stereocenters. The highest BCUT2D eigenvalue weighted by Gasteiger charge is 2.18. The number of benzene rings is 4. The standard InChI is InChI=1S/C32H28FN3O3S/c1-21-10-6-7-13-24(21)20-29(36-31(38)23-11-4-3-5-12-23)32(39)34-25-16-18-26(19-17-25)40-22(2)30(37)35-28-15-9-8-14-27(28)33/h3-20,22H,1-2H3,(H,34,39)(H,35,37)(H,36,38)/b29-20-. The minimum absolute atomic E-state index is 0.0973. The Morgan fingerprint density at radius 2 is 1.45 bits per heavy atom. The summed E-state index contributed by atoms with van der Waals surface area (Å²) in [6, 6.07) is 29.2. The summed E-state index contributed by atoms with van der Waals surface area (Å²) in [6.45, 7) is 3.66. The highest BCUT2D eigenvalue weighted by molar-refractivity contribution is 8.00. The van der Waals surface area contributed by atoms with Gasteiger partial charge in [-0.3, -0.25) is 14.4 Å². The molecule has 3 amide bonds. The average Bonchev–Trinajstić information content (AvgIpc) is 2.96. The molecule has 0 heterocycles. The Morgan fingerprint density at radius 3 is 2.15 bits per heavy atom. The van der Waals surface area contributed by atoms with Gasteiger partial charge in [-0.25, -0.2) is 4.39 Å². The van der Waals surface area contributed by atoms with Gasteiger partial charge in [0, 0.05) is 16.1 Å². The predicted molar refractivity (Wildman–Crippen MR) is 158 cm³/mol. The molecular formula is C32H28FN3O3S. The van der Waals surface area contributed by atoms with Gasteiger partial charge in [-0.15, -0.1) is 11.8 Å². The Kier molecular flexibility index (Phi) is 9.48. The molecule has 0 radical (unpaired) electrons. The zero-order valence-corrected chi connectivity index (χ0v) is 22.8. The van der Waals surface area contributed by atoms with Crippen molar-refractivity contribution >= 4 is 46.9 Å². The number of aryl methyl sites for hydroxylation is 1. The van der Waals surface area contributed by atoms with E-state index in [1.165, 1.54) is 23.9 Å². The Hall–Kier alpha value is -4.69. The van der Waals surface area contributed by atoms with Crippen LogP contribution in [0.3, 0.4) is 0 Å². The van der Waals surface area contributed by atoms with Gasteiger partial charge in [0.25, 0.3) is 11.8 Å². The number of rotatable bonds is 9. The highest BCUT2D eigenvalue weighted by atomic mass is 32.2. The van der Waals surface area contributed by atoms with Crippen molar-refractivity contribution < 1.29 is 18.8 Å². The van der Waals surface area contributed by atoms with Crippen molar-refractivity contribution in [1.82, 2.24) is 5.32 Å². The summed E-state index contributed by atoms with van der Waals surface area (Å²) in [5.74, 6) is -1.70. The van der Waals surface area contributed by atoms with Crippen LogP contribution in [0.5, 0.6) is 0 Å². The number of anilines is 2. The molecule has 0 aliphatic heterocycles. The maximum absolute atomic E-state index is 13.9. The molecule has 0 saturated carbocycles. The van der Waals surface area contributed by atoms with Crippen molar-refractivity contribution in [3.8, 4) is 0 Å². The Bertz CT molecular complexity index is 1540. The van der Waals surface area contributed by atoms with E-state index in [0.717, 1.165) is 16.0 Å². The fourth-order valence-electron chi connectivity index (χ4n) is 3.72. The largest absolute Gasteiger partial charge is 0.323 e. The molecule has 1 atom stereocenters. The fourth-order valence-corrected chi connectivity index (χ4v) is 4.58. The van der Waals surface area contributed by atoms with Crippen LogP contribution in [0.4, 0.5) is 15.8 Å². The number of carbonyl (C=O) groups excluding carboxylic acids is 3. The Labute approximate surface area is 236 Å². The van der Waals surface area contributed by atoms with Crippen LogP contribution in [-0.4, -0.2) is 23.0 Å². The van der Waals surface area contributed by atoms with E-state index in [4.69, 9.17) is 0 Å². The summed E-state index contributed by atoms with van der Waals surface area (Å²) in [4.78, 5) is 39.4. The van der Waals surface area contributed by atoms with Crippen LogP contribution in [0.15, 0.2) is 114 Å². The molecule has 0 aromatic heterocycles. The van der Waals surface area contributed by atoms with Gasteiger partial charge in [0.1, 0.15) is 11.5 Å². The Balaban J connectivity index is 1.44. The van der Waals surface area contributed by atoms with Gasteiger partial charge in [0.15, 0.2) is 0 Å². The molecule has 0 saturated heterocycles. The van der Waals surface area contributed by atoms with Gasteiger partial charge < -0.3 is 16.0 Å². The lowest BCUT2D eigenvalue weighted by atomic mass is 10.1. The van der Waals surface area contributed by atoms with Gasteiger partial charge in [0.05, 0.1) is 10.9 Å². The van der Waals surface area contributed by atoms with Gasteiger partial charge >= 0.3 is 0 Å². The van der Waals surface area contributed by atoms with Crippen molar-refractivity contribution in [2.75, 3.05) is 10.6 Å². The van der Waals surface area contributed by atoms with Crippen LogP contribution in [0, 0.1) is 12.7 Å². The molecule has 40 heavy (non-hydrogen) atoms. The number of thioether (sulfide) groups is 1. The lowest BCUT2D eigenvalue weighted by molar-refractivity contribution is -0.115. The molecule has 4 aromatic rings. The number of hydrogen-bond acceptors (Lipinski definition) is 4. The molecule has 6 nitrogen and oxygen atoms in total. The van der Waals surface area contributed by atoms with E-state index in [-0.39, 0.29) is 17.3 Å². The van der Waals surface area contributed by atoms with E-state index < -0.39 is 22.9 Å². The third kappa shape index (κ3) is 7.68. The molecule has 0 fully saturated rings. The predicted octanol–water partition coefficient (Wildman–Crippen LogP) is 6.66. The number of nitrogens with one attached hydrogen (secondary N) is 3. The molecule has 4 rings (SSSR count). The first-order chi connectivity index (χ1) is 19.3. The van der Waals surface area contributed by atoms with Crippen LogP contribution >= 0.6 is 11.8 Å². The maximum Gasteiger partial charge on any atom is 0.272 e. The van der Waals surface area contributed by atoms with Gasteiger partial charge in [-0.1, -0.05) is 54.6 Å². The van der Waals surface area contributed by atoms with Crippen LogP contribution in [0.1, 0.15) is 28.4 Å². The van der Waals surface area contributed by atoms with E-state index in [2.05, 4.69) is 16.0 Å². The second-order valence-electron chi connectivity index (χ2n) is 8.94. The van der Waals surface area contributed by atoms with Crippen LogP contribution in [0.25, 0.3) is 6.08 Å². The van der Waals surface area contributed by atoms with Gasteiger partial charge in [-0.05, 0) is 79.6 Å². The smallest absolute Gasteiger partial charge is 0.272 e. The molecule has 4 aromatic carbocycles. The fraction of sp³-hybridized carbons (Fsp3) is 0.0938. The van der Waals surface area contributed by atoms with E-state index in [0.29, 0.717) is 11.3 Å². The van der Waals surface area contributed by atoms with Crippen molar-refractivity contribution in [3.05, 3.63) is 131 Å². The van der Waals surface area contributed by atoms with E-state index in [9.17, 15) is 18.8 Å². The minimum Gasteiger partial charge on any atom is -0.323 e. The van der Waals surface area contributed by atoms with Crippen molar-refractivity contribution in [1.29, 1.82) is 0 Å². The maximum atomic E-state index is 13.9.